The molecule has 5 heteroatoms. The molecule has 1 aromatic heterocycles. The minimum absolute atomic E-state index is 0.202. The van der Waals surface area contributed by atoms with Crippen LogP contribution < -0.4 is 9.80 Å². The maximum atomic E-state index is 15.6. The van der Waals surface area contributed by atoms with Gasteiger partial charge in [0.1, 0.15) is 5.82 Å². The van der Waals surface area contributed by atoms with Crippen molar-refractivity contribution in [1.29, 1.82) is 0 Å². The highest BCUT2D eigenvalue weighted by molar-refractivity contribution is 6.28. The summed E-state index contributed by atoms with van der Waals surface area (Å²) in [5, 5.41) is 6.31. The molecule has 1 aliphatic rings. The van der Waals surface area contributed by atoms with E-state index < -0.39 is 5.82 Å². The molecule has 3 nitrogen and oxygen atoms in total. The van der Waals surface area contributed by atoms with E-state index in [1.54, 1.807) is 24.4 Å². The van der Waals surface area contributed by atoms with E-state index >= 15 is 8.78 Å². The van der Waals surface area contributed by atoms with E-state index in [-0.39, 0.29) is 17.1 Å². The van der Waals surface area contributed by atoms with Gasteiger partial charge in [0.25, 0.3) is 0 Å². The second-order valence-electron chi connectivity index (χ2n) is 14.3. The summed E-state index contributed by atoms with van der Waals surface area (Å²) < 4.78 is 30.8. The molecular formula is C48H33F2N3. The maximum Gasteiger partial charge on any atom is 0.174 e. The summed E-state index contributed by atoms with van der Waals surface area (Å²) in [6.07, 6.45) is 1.62. The normalized spacial score (nSPS) is 13.1. The lowest BCUT2D eigenvalue weighted by Gasteiger charge is -2.30. The molecular weight excluding hydrogens is 657 g/mol. The van der Waals surface area contributed by atoms with Gasteiger partial charge in [0.05, 0.1) is 17.1 Å². The first-order valence-electron chi connectivity index (χ1n) is 17.9. The van der Waals surface area contributed by atoms with Crippen LogP contribution in [0.5, 0.6) is 0 Å². The second-order valence-corrected chi connectivity index (χ2v) is 14.3. The number of para-hydroxylation sites is 1. The van der Waals surface area contributed by atoms with Crippen molar-refractivity contribution in [3.63, 3.8) is 0 Å². The van der Waals surface area contributed by atoms with Crippen LogP contribution in [-0.4, -0.2) is 4.98 Å². The first kappa shape index (κ1) is 31.2. The molecule has 0 aliphatic heterocycles. The summed E-state index contributed by atoms with van der Waals surface area (Å²) in [5.41, 5.74) is 8.94. The van der Waals surface area contributed by atoms with Gasteiger partial charge in [-0.15, -0.1) is 0 Å². The number of benzene rings is 8. The van der Waals surface area contributed by atoms with Crippen molar-refractivity contribution in [3.8, 4) is 11.1 Å². The van der Waals surface area contributed by atoms with Crippen LogP contribution in [0.2, 0.25) is 0 Å². The van der Waals surface area contributed by atoms with Gasteiger partial charge in [0.2, 0.25) is 0 Å². The zero-order chi connectivity index (χ0) is 35.8. The Bertz CT molecular complexity index is 2860. The zero-order valence-corrected chi connectivity index (χ0v) is 29.2. The Morgan fingerprint density at radius 1 is 0.509 bits per heavy atom. The molecule has 1 aliphatic carbocycles. The van der Waals surface area contributed by atoms with Gasteiger partial charge >= 0.3 is 0 Å². The molecule has 0 radical (unpaired) electrons. The highest BCUT2D eigenvalue weighted by Gasteiger charge is 2.38. The molecule has 0 atom stereocenters. The van der Waals surface area contributed by atoms with Crippen molar-refractivity contribution >= 4 is 66.6 Å². The topological polar surface area (TPSA) is 19.4 Å². The zero-order valence-electron chi connectivity index (χ0n) is 29.2. The second kappa shape index (κ2) is 11.7. The Morgan fingerprint density at radius 3 is 1.85 bits per heavy atom. The van der Waals surface area contributed by atoms with E-state index in [0.29, 0.717) is 0 Å². The average molecular weight is 690 g/mol. The van der Waals surface area contributed by atoms with Crippen LogP contribution in [0.15, 0.2) is 164 Å². The molecule has 0 saturated heterocycles. The summed E-state index contributed by atoms with van der Waals surface area (Å²) >= 11 is 0. The van der Waals surface area contributed by atoms with Crippen LogP contribution in [0.1, 0.15) is 25.0 Å². The monoisotopic (exact) mass is 689 g/mol. The highest BCUT2D eigenvalue weighted by Crippen LogP contribution is 2.55. The van der Waals surface area contributed by atoms with Crippen LogP contribution in [0.4, 0.5) is 43.0 Å². The van der Waals surface area contributed by atoms with Crippen LogP contribution in [0, 0.1) is 11.6 Å². The van der Waals surface area contributed by atoms with Gasteiger partial charge in [0.15, 0.2) is 11.6 Å². The van der Waals surface area contributed by atoms with Crippen molar-refractivity contribution < 1.29 is 8.78 Å². The fraction of sp³-hybridized carbons (Fsp3) is 0.0625. The summed E-state index contributed by atoms with van der Waals surface area (Å²) in [5.74, 6) is -0.478. The minimum atomic E-state index is -0.407. The van der Waals surface area contributed by atoms with E-state index in [4.69, 9.17) is 0 Å². The predicted molar refractivity (Wildman–Crippen MR) is 215 cm³/mol. The Morgan fingerprint density at radius 2 is 1.13 bits per heavy atom. The smallest absolute Gasteiger partial charge is 0.174 e. The Balaban J connectivity index is 1.27. The molecule has 0 amide bonds. The van der Waals surface area contributed by atoms with Crippen LogP contribution in [0.3, 0.4) is 0 Å². The lowest BCUT2D eigenvalue weighted by Crippen LogP contribution is -2.16. The predicted octanol–water partition coefficient (Wildman–Crippen LogP) is 13.5. The third-order valence-corrected chi connectivity index (χ3v) is 11.0. The van der Waals surface area contributed by atoms with Gasteiger partial charge in [-0.25, -0.2) is 13.8 Å². The van der Waals surface area contributed by atoms with Crippen molar-refractivity contribution in [2.75, 3.05) is 9.80 Å². The van der Waals surface area contributed by atoms with Gasteiger partial charge in [0, 0.05) is 39.3 Å². The molecule has 10 rings (SSSR count). The number of hydrogen-bond donors (Lipinski definition) is 0. The fourth-order valence-corrected chi connectivity index (χ4v) is 8.60. The van der Waals surface area contributed by atoms with Crippen molar-refractivity contribution in [2.45, 2.75) is 19.3 Å². The van der Waals surface area contributed by atoms with E-state index in [1.165, 1.54) is 28.8 Å². The fourth-order valence-electron chi connectivity index (χ4n) is 8.60. The number of aromatic nitrogens is 1. The lowest BCUT2D eigenvalue weighted by atomic mass is 9.82. The largest absolute Gasteiger partial charge is 0.309 e. The molecule has 9 aromatic rings. The number of hydrogen-bond acceptors (Lipinski definition) is 3. The van der Waals surface area contributed by atoms with E-state index in [2.05, 4.69) is 115 Å². The number of nitrogens with zero attached hydrogens (tertiary/aromatic N) is 3. The van der Waals surface area contributed by atoms with Crippen molar-refractivity contribution in [2.24, 2.45) is 0 Å². The van der Waals surface area contributed by atoms with E-state index in [0.717, 1.165) is 66.3 Å². The summed E-state index contributed by atoms with van der Waals surface area (Å²) in [4.78, 5) is 8.63. The third kappa shape index (κ3) is 4.67. The first-order chi connectivity index (χ1) is 25.9. The van der Waals surface area contributed by atoms with Crippen molar-refractivity contribution in [3.05, 3.63) is 187 Å². The van der Waals surface area contributed by atoms with E-state index in [9.17, 15) is 0 Å². The number of halogens is 2. The molecule has 0 fully saturated rings. The SMILES string of the molecule is CC1(C)c2ccccc2-c2c(N(c3cccc(F)c3)c3ccc4ccc5c(N(c6ccccc6)c6ncccc6F)ccc6ccc3c4c65)cccc21. The quantitative estimate of drug-likeness (QED) is 0.162. The molecule has 0 bridgehead atoms. The molecule has 0 unspecified atom stereocenters. The molecule has 1 heterocycles. The highest BCUT2D eigenvalue weighted by atomic mass is 19.1. The van der Waals surface area contributed by atoms with Gasteiger partial charge in [-0.1, -0.05) is 111 Å². The molecule has 0 saturated carbocycles. The molecule has 53 heavy (non-hydrogen) atoms. The van der Waals surface area contributed by atoms with E-state index in [1.807, 2.05) is 41.3 Å². The van der Waals surface area contributed by atoms with Gasteiger partial charge < -0.3 is 4.90 Å². The Kier molecular flexibility index (Phi) is 6.89. The summed E-state index contributed by atoms with van der Waals surface area (Å²) in [6.45, 7) is 4.55. The summed E-state index contributed by atoms with van der Waals surface area (Å²) in [7, 11) is 0. The Hall–Kier alpha value is -6.59. The number of anilines is 6. The van der Waals surface area contributed by atoms with Crippen LogP contribution >= 0.6 is 0 Å². The molecule has 254 valence electrons. The van der Waals surface area contributed by atoms with Gasteiger partial charge in [-0.05, 0) is 98.9 Å². The average Bonchev–Trinajstić information content (AvgIpc) is 3.42. The molecule has 8 aromatic carbocycles. The Labute approximate surface area is 306 Å². The van der Waals surface area contributed by atoms with Crippen LogP contribution in [0.25, 0.3) is 43.4 Å². The standard InChI is InChI=1S/C48H33F2N3/c1-48(2)38-16-7-6-15-35(38)46-39(48)17-9-19-43(46)52(34-14-8-11-32(49)29-34)41-26-22-30-21-25-37-42(27-23-31-20-24-36(41)44(30)45(31)37)53(33-12-4-3-5-13-33)47-40(50)18-10-28-51-47/h3-29H,1-2H3. The van der Waals surface area contributed by atoms with Gasteiger partial charge in [-0.3, -0.25) is 4.90 Å². The number of pyridine rings is 1. The molecule has 0 N–H and O–H groups in total. The summed E-state index contributed by atoms with van der Waals surface area (Å²) in [6, 6.07) is 51.9. The lowest BCUT2D eigenvalue weighted by molar-refractivity contribution is 0.623. The number of rotatable bonds is 6. The van der Waals surface area contributed by atoms with Gasteiger partial charge in [-0.2, -0.15) is 0 Å². The van der Waals surface area contributed by atoms with Crippen LogP contribution in [-0.2, 0) is 5.41 Å². The minimum Gasteiger partial charge on any atom is -0.309 e. The third-order valence-electron chi connectivity index (χ3n) is 11.0. The maximum absolute atomic E-state index is 15.6. The first-order valence-corrected chi connectivity index (χ1v) is 17.9. The molecule has 0 spiro atoms. The number of fused-ring (bicyclic) bond motifs is 3. The van der Waals surface area contributed by atoms with Crippen molar-refractivity contribution in [1.82, 2.24) is 4.98 Å².